The van der Waals surface area contributed by atoms with Crippen LogP contribution in [0.1, 0.15) is 11.1 Å². The number of aryl methyl sites for hydroxylation is 1. The number of ether oxygens (including phenoxy) is 2. The molecule has 0 spiro atoms. The Morgan fingerprint density at radius 2 is 1.64 bits per heavy atom. The highest BCUT2D eigenvalue weighted by molar-refractivity contribution is 6.46. The number of amides is 2. The number of carbonyl (C=O) groups excluding carboxylic acids is 2. The van der Waals surface area contributed by atoms with E-state index in [-0.39, 0.29) is 22.0 Å². The maximum atomic E-state index is 13.7. The molecule has 8 heteroatoms. The van der Waals surface area contributed by atoms with Gasteiger partial charge in [0.1, 0.15) is 23.0 Å². The average Bonchev–Trinajstić information content (AvgIpc) is 3.05. The van der Waals surface area contributed by atoms with E-state index in [1.54, 1.807) is 30.3 Å². The van der Waals surface area contributed by atoms with Crippen LogP contribution in [-0.2, 0) is 9.59 Å². The summed E-state index contributed by atoms with van der Waals surface area (Å²) >= 11 is 5.91. The number of halogens is 2. The van der Waals surface area contributed by atoms with Crippen molar-refractivity contribution in [3.63, 3.8) is 0 Å². The Bertz CT molecular complexity index is 1290. The van der Waals surface area contributed by atoms with E-state index in [1.807, 2.05) is 19.1 Å². The van der Waals surface area contributed by atoms with Gasteiger partial charge in [0.25, 0.3) is 11.8 Å². The molecule has 0 bridgehead atoms. The highest BCUT2D eigenvalue weighted by atomic mass is 35.5. The van der Waals surface area contributed by atoms with Gasteiger partial charge in [-0.05, 0) is 42.8 Å². The number of hydrogen-bond donors (Lipinski definition) is 1. The van der Waals surface area contributed by atoms with Gasteiger partial charge in [-0.2, -0.15) is 0 Å². The van der Waals surface area contributed by atoms with Gasteiger partial charge < -0.3 is 14.8 Å². The molecule has 0 atom stereocenters. The van der Waals surface area contributed by atoms with Crippen LogP contribution in [0.4, 0.5) is 15.8 Å². The van der Waals surface area contributed by atoms with E-state index in [2.05, 4.69) is 5.32 Å². The summed E-state index contributed by atoms with van der Waals surface area (Å²) in [7, 11) is 3.02. The molecule has 1 aliphatic rings. The summed E-state index contributed by atoms with van der Waals surface area (Å²) in [6, 6.07) is 16.0. The fourth-order valence-electron chi connectivity index (χ4n) is 3.54. The Morgan fingerprint density at radius 3 is 2.27 bits per heavy atom. The van der Waals surface area contributed by atoms with Gasteiger partial charge in [0.2, 0.25) is 0 Å². The van der Waals surface area contributed by atoms with E-state index in [0.717, 1.165) is 16.5 Å². The van der Waals surface area contributed by atoms with Crippen molar-refractivity contribution in [2.75, 3.05) is 24.4 Å². The lowest BCUT2D eigenvalue weighted by Gasteiger charge is -2.16. The maximum Gasteiger partial charge on any atom is 0.282 e. The molecule has 3 aromatic carbocycles. The third-order valence-corrected chi connectivity index (χ3v) is 5.54. The summed E-state index contributed by atoms with van der Waals surface area (Å²) in [6.45, 7) is 1.92. The van der Waals surface area contributed by atoms with Crippen molar-refractivity contribution >= 4 is 40.4 Å². The van der Waals surface area contributed by atoms with Crippen LogP contribution in [0.15, 0.2) is 66.4 Å². The van der Waals surface area contributed by atoms with Gasteiger partial charge in [-0.15, -0.1) is 0 Å². The molecule has 0 saturated heterocycles. The molecule has 0 aliphatic carbocycles. The summed E-state index contributed by atoms with van der Waals surface area (Å²) in [4.78, 5) is 28.0. The molecule has 6 nitrogen and oxygen atoms in total. The third-order valence-electron chi connectivity index (χ3n) is 5.25. The zero-order valence-corrected chi connectivity index (χ0v) is 18.9. The highest BCUT2D eigenvalue weighted by Gasteiger charge is 2.40. The van der Waals surface area contributed by atoms with E-state index >= 15 is 0 Å². The number of methoxy groups -OCH3 is 2. The topological polar surface area (TPSA) is 67.9 Å². The first-order valence-corrected chi connectivity index (χ1v) is 10.4. The summed E-state index contributed by atoms with van der Waals surface area (Å²) in [5.41, 5.74) is 2.38. The van der Waals surface area contributed by atoms with Gasteiger partial charge >= 0.3 is 0 Å². The van der Waals surface area contributed by atoms with Crippen molar-refractivity contribution in [3.05, 3.63) is 88.3 Å². The first kappa shape index (κ1) is 22.4. The largest absolute Gasteiger partial charge is 0.497 e. The zero-order chi connectivity index (χ0) is 23.7. The predicted molar refractivity (Wildman–Crippen MR) is 125 cm³/mol. The van der Waals surface area contributed by atoms with E-state index in [0.29, 0.717) is 22.7 Å². The summed E-state index contributed by atoms with van der Waals surface area (Å²) in [6.07, 6.45) is 0. The van der Waals surface area contributed by atoms with Crippen molar-refractivity contribution in [2.45, 2.75) is 6.92 Å². The number of anilines is 2. The monoisotopic (exact) mass is 466 g/mol. The molecule has 1 N–H and O–H groups in total. The molecule has 0 saturated carbocycles. The average molecular weight is 467 g/mol. The lowest BCUT2D eigenvalue weighted by molar-refractivity contribution is -0.120. The molecule has 3 aromatic rings. The van der Waals surface area contributed by atoms with Crippen LogP contribution in [0.5, 0.6) is 11.5 Å². The number of nitrogens with zero attached hydrogens (tertiary/aromatic N) is 1. The molecule has 2 amide bonds. The lowest BCUT2D eigenvalue weighted by Crippen LogP contribution is -2.32. The van der Waals surface area contributed by atoms with Crippen molar-refractivity contribution in [1.82, 2.24) is 0 Å². The van der Waals surface area contributed by atoms with E-state index in [1.165, 1.54) is 26.4 Å². The number of imide groups is 1. The molecule has 0 aromatic heterocycles. The van der Waals surface area contributed by atoms with Crippen LogP contribution in [-0.4, -0.2) is 26.0 Å². The molecule has 0 unspecified atom stereocenters. The number of benzene rings is 3. The van der Waals surface area contributed by atoms with Gasteiger partial charge in [0, 0.05) is 6.07 Å². The Morgan fingerprint density at radius 1 is 0.909 bits per heavy atom. The van der Waals surface area contributed by atoms with Crippen molar-refractivity contribution in [3.8, 4) is 11.5 Å². The number of nitrogens with one attached hydrogen (secondary N) is 1. The number of hydrogen-bond acceptors (Lipinski definition) is 5. The summed E-state index contributed by atoms with van der Waals surface area (Å²) in [5.74, 6) is -0.825. The van der Waals surface area contributed by atoms with Gasteiger partial charge in [0.05, 0.1) is 36.2 Å². The van der Waals surface area contributed by atoms with E-state index in [9.17, 15) is 14.0 Å². The fraction of sp³-hybridized carbons (Fsp3) is 0.120. The van der Waals surface area contributed by atoms with E-state index < -0.39 is 17.6 Å². The minimum atomic E-state index is -0.648. The highest BCUT2D eigenvalue weighted by Crippen LogP contribution is 2.37. The molecular weight excluding hydrogens is 447 g/mol. The summed E-state index contributed by atoms with van der Waals surface area (Å²) < 4.78 is 24.4. The molecule has 0 fully saturated rings. The van der Waals surface area contributed by atoms with Gasteiger partial charge in [-0.3, -0.25) is 9.59 Å². The summed E-state index contributed by atoms with van der Waals surface area (Å²) in [5, 5.41) is 2.87. The maximum absolute atomic E-state index is 13.7. The second-order valence-corrected chi connectivity index (χ2v) is 7.76. The Hall–Kier alpha value is -3.84. The molecule has 1 heterocycles. The fourth-order valence-corrected chi connectivity index (χ4v) is 3.71. The minimum Gasteiger partial charge on any atom is -0.497 e. The third kappa shape index (κ3) is 4.15. The van der Waals surface area contributed by atoms with Gasteiger partial charge in [-0.25, -0.2) is 9.29 Å². The second-order valence-electron chi connectivity index (χ2n) is 7.35. The minimum absolute atomic E-state index is 0.0517. The Balaban J connectivity index is 1.86. The first-order valence-electron chi connectivity index (χ1n) is 9.98. The molecule has 0 radical (unpaired) electrons. The van der Waals surface area contributed by atoms with Gasteiger partial charge in [0.15, 0.2) is 0 Å². The molecular formula is C25H20ClFN2O4. The Labute approximate surface area is 195 Å². The van der Waals surface area contributed by atoms with Crippen LogP contribution in [0, 0.1) is 12.7 Å². The lowest BCUT2D eigenvalue weighted by atomic mass is 10.0. The van der Waals surface area contributed by atoms with Crippen molar-refractivity contribution in [2.24, 2.45) is 0 Å². The smallest absolute Gasteiger partial charge is 0.282 e. The predicted octanol–water partition coefficient (Wildman–Crippen LogP) is 5.20. The van der Waals surface area contributed by atoms with Crippen LogP contribution >= 0.6 is 11.6 Å². The van der Waals surface area contributed by atoms with E-state index in [4.69, 9.17) is 21.1 Å². The number of carbonyl (C=O) groups is 2. The van der Waals surface area contributed by atoms with Crippen LogP contribution in [0.2, 0.25) is 5.02 Å². The normalized spacial score (nSPS) is 13.5. The van der Waals surface area contributed by atoms with Crippen LogP contribution < -0.4 is 19.7 Å². The first-order chi connectivity index (χ1) is 15.8. The van der Waals surface area contributed by atoms with Crippen LogP contribution in [0.25, 0.3) is 5.57 Å². The number of rotatable bonds is 6. The Kier molecular flexibility index (Phi) is 6.07. The molecule has 4 rings (SSSR count). The molecule has 1 aliphatic heterocycles. The zero-order valence-electron chi connectivity index (χ0n) is 18.1. The van der Waals surface area contributed by atoms with Gasteiger partial charge in [-0.1, -0.05) is 41.4 Å². The molecule has 33 heavy (non-hydrogen) atoms. The van der Waals surface area contributed by atoms with Crippen molar-refractivity contribution < 1.29 is 23.5 Å². The van der Waals surface area contributed by atoms with Crippen LogP contribution in [0.3, 0.4) is 0 Å². The SMILES string of the molecule is COc1ccc(OC)c(NC2=C(c3ccc(C)cc3)C(=O)N(c3ccc(F)c(Cl)c3)C2=O)c1. The second kappa shape index (κ2) is 8.96. The quantitative estimate of drug-likeness (QED) is 0.506. The standard InChI is InChI=1S/C25H20ClFN2O4/c1-14-4-6-15(7-5-14)22-23(28-20-13-17(32-2)9-11-21(20)33-3)25(31)29(24(22)30)16-8-10-19(27)18(26)12-16/h4-13,28H,1-3H3. The molecule has 168 valence electrons. The van der Waals surface area contributed by atoms with Crippen molar-refractivity contribution in [1.29, 1.82) is 0 Å².